The fourth-order valence-corrected chi connectivity index (χ4v) is 3.65. The molecular formula is C23H30N4O2. The van der Waals surface area contributed by atoms with Crippen molar-refractivity contribution in [3.05, 3.63) is 65.5 Å². The zero-order valence-electron chi connectivity index (χ0n) is 17.2. The molecule has 1 fully saturated rings. The molecule has 0 aliphatic carbocycles. The maximum Gasteiger partial charge on any atom is 0.253 e. The topological polar surface area (TPSA) is 88.3 Å². The van der Waals surface area contributed by atoms with Gasteiger partial charge in [0.1, 0.15) is 0 Å². The quantitative estimate of drug-likeness (QED) is 0.788. The number of aromatic nitrogens is 1. The Morgan fingerprint density at radius 1 is 1.14 bits per heavy atom. The second kappa shape index (κ2) is 9.65. The first-order valence-corrected chi connectivity index (χ1v) is 10.3. The summed E-state index contributed by atoms with van der Waals surface area (Å²) in [6.45, 7) is 5.80. The van der Waals surface area contributed by atoms with Crippen molar-refractivity contribution >= 4 is 11.8 Å². The Balaban J connectivity index is 1.52. The lowest BCUT2D eigenvalue weighted by molar-refractivity contribution is -0.126. The van der Waals surface area contributed by atoms with Crippen LogP contribution in [-0.4, -0.2) is 41.3 Å². The first-order valence-electron chi connectivity index (χ1n) is 10.3. The van der Waals surface area contributed by atoms with Crippen molar-refractivity contribution in [3.8, 4) is 0 Å². The number of hydrogen-bond donors (Lipinski definition) is 2. The van der Waals surface area contributed by atoms with Gasteiger partial charge in [0, 0.05) is 43.6 Å². The van der Waals surface area contributed by atoms with Gasteiger partial charge in [0.25, 0.3) is 5.91 Å². The lowest BCUT2D eigenvalue weighted by Crippen LogP contribution is -2.46. The van der Waals surface area contributed by atoms with E-state index in [9.17, 15) is 9.59 Å². The molecule has 0 bridgehead atoms. The molecule has 1 aromatic carbocycles. The van der Waals surface area contributed by atoms with Gasteiger partial charge in [-0.25, -0.2) is 0 Å². The van der Waals surface area contributed by atoms with Crippen LogP contribution in [0.25, 0.3) is 0 Å². The highest BCUT2D eigenvalue weighted by Crippen LogP contribution is 2.20. The molecular weight excluding hydrogens is 364 g/mol. The van der Waals surface area contributed by atoms with Gasteiger partial charge in [-0.15, -0.1) is 0 Å². The van der Waals surface area contributed by atoms with Gasteiger partial charge in [0.2, 0.25) is 5.91 Å². The summed E-state index contributed by atoms with van der Waals surface area (Å²) in [4.78, 5) is 31.0. The van der Waals surface area contributed by atoms with E-state index in [1.807, 2.05) is 12.1 Å². The average Bonchev–Trinajstić information content (AvgIpc) is 2.77. The molecule has 2 unspecified atom stereocenters. The second-order valence-electron chi connectivity index (χ2n) is 8.00. The van der Waals surface area contributed by atoms with Gasteiger partial charge in [0.05, 0.1) is 5.92 Å². The number of benzene rings is 1. The smallest absolute Gasteiger partial charge is 0.253 e. The lowest BCUT2D eigenvalue weighted by Gasteiger charge is -2.32. The van der Waals surface area contributed by atoms with Crippen LogP contribution < -0.4 is 11.1 Å². The average molecular weight is 395 g/mol. The number of likely N-dealkylation sites (tertiary alicyclic amines) is 1. The SMILES string of the molecule is CC(C)c1ccc(C(N)CNC(=O)C2CCCN(C(=O)c3ccncc3)C2)cc1. The van der Waals surface area contributed by atoms with E-state index in [0.717, 1.165) is 18.4 Å². The molecule has 3 rings (SSSR count). The van der Waals surface area contributed by atoms with Crippen LogP contribution in [0.3, 0.4) is 0 Å². The van der Waals surface area contributed by atoms with Gasteiger partial charge in [-0.1, -0.05) is 38.1 Å². The van der Waals surface area contributed by atoms with Gasteiger partial charge < -0.3 is 16.0 Å². The zero-order valence-corrected chi connectivity index (χ0v) is 17.2. The molecule has 2 atom stereocenters. The van der Waals surface area contributed by atoms with Crippen molar-refractivity contribution in [2.45, 2.75) is 38.6 Å². The standard InChI is InChI=1S/C23H30N4O2/c1-16(2)17-5-7-18(8-6-17)21(24)14-26-22(28)20-4-3-13-27(15-20)23(29)19-9-11-25-12-10-19/h5-12,16,20-21H,3-4,13-15,24H2,1-2H3,(H,26,28). The number of carbonyl (C=O) groups excluding carboxylic acids is 2. The van der Waals surface area contributed by atoms with E-state index in [-0.39, 0.29) is 23.8 Å². The second-order valence-corrected chi connectivity index (χ2v) is 8.00. The van der Waals surface area contributed by atoms with Gasteiger partial charge in [-0.05, 0) is 42.0 Å². The zero-order chi connectivity index (χ0) is 20.8. The van der Waals surface area contributed by atoms with Crippen molar-refractivity contribution in [2.75, 3.05) is 19.6 Å². The van der Waals surface area contributed by atoms with Gasteiger partial charge in [0.15, 0.2) is 0 Å². The first kappa shape index (κ1) is 21.0. The molecule has 0 saturated carbocycles. The fourth-order valence-electron chi connectivity index (χ4n) is 3.65. The van der Waals surface area contributed by atoms with Crippen LogP contribution >= 0.6 is 0 Å². The van der Waals surface area contributed by atoms with E-state index in [0.29, 0.717) is 31.1 Å². The Labute approximate surface area is 172 Å². The van der Waals surface area contributed by atoms with E-state index in [4.69, 9.17) is 5.73 Å². The van der Waals surface area contributed by atoms with Crippen LogP contribution in [0.2, 0.25) is 0 Å². The van der Waals surface area contributed by atoms with E-state index in [1.54, 1.807) is 29.4 Å². The molecule has 6 nitrogen and oxygen atoms in total. The van der Waals surface area contributed by atoms with Crippen LogP contribution in [0.5, 0.6) is 0 Å². The summed E-state index contributed by atoms with van der Waals surface area (Å²) >= 11 is 0. The predicted octanol–water partition coefficient (Wildman–Crippen LogP) is 2.87. The van der Waals surface area contributed by atoms with Crippen molar-refractivity contribution in [2.24, 2.45) is 11.7 Å². The van der Waals surface area contributed by atoms with E-state index >= 15 is 0 Å². The first-order chi connectivity index (χ1) is 14.0. The number of carbonyl (C=O) groups is 2. The number of pyridine rings is 1. The molecule has 154 valence electrons. The van der Waals surface area contributed by atoms with Crippen molar-refractivity contribution in [1.82, 2.24) is 15.2 Å². The Morgan fingerprint density at radius 2 is 1.79 bits per heavy atom. The molecule has 29 heavy (non-hydrogen) atoms. The molecule has 2 aromatic rings. The molecule has 0 spiro atoms. The number of piperidine rings is 1. The Hall–Kier alpha value is -2.73. The van der Waals surface area contributed by atoms with Crippen molar-refractivity contribution < 1.29 is 9.59 Å². The maximum absolute atomic E-state index is 12.7. The third-order valence-corrected chi connectivity index (χ3v) is 5.53. The summed E-state index contributed by atoms with van der Waals surface area (Å²) in [7, 11) is 0. The summed E-state index contributed by atoms with van der Waals surface area (Å²) in [5.41, 5.74) is 9.15. The highest BCUT2D eigenvalue weighted by molar-refractivity contribution is 5.94. The van der Waals surface area contributed by atoms with Crippen LogP contribution in [0.1, 0.15) is 60.1 Å². The largest absolute Gasteiger partial charge is 0.354 e. The highest BCUT2D eigenvalue weighted by Gasteiger charge is 2.29. The molecule has 2 amide bonds. The summed E-state index contributed by atoms with van der Waals surface area (Å²) in [5.74, 6) is 0.187. The number of nitrogens with one attached hydrogen (secondary N) is 1. The fraction of sp³-hybridized carbons (Fsp3) is 0.435. The van der Waals surface area contributed by atoms with Crippen LogP contribution in [0, 0.1) is 5.92 Å². The van der Waals surface area contributed by atoms with E-state index in [1.165, 1.54) is 5.56 Å². The van der Waals surface area contributed by atoms with E-state index in [2.05, 4.69) is 36.3 Å². The number of nitrogens with two attached hydrogens (primary N) is 1. The molecule has 6 heteroatoms. The monoisotopic (exact) mass is 394 g/mol. The number of hydrogen-bond acceptors (Lipinski definition) is 4. The van der Waals surface area contributed by atoms with E-state index < -0.39 is 0 Å². The minimum atomic E-state index is -0.252. The van der Waals surface area contributed by atoms with Crippen molar-refractivity contribution in [3.63, 3.8) is 0 Å². The molecule has 3 N–H and O–H groups in total. The predicted molar refractivity (Wildman–Crippen MR) is 113 cm³/mol. The van der Waals surface area contributed by atoms with Crippen LogP contribution in [-0.2, 0) is 4.79 Å². The van der Waals surface area contributed by atoms with Gasteiger partial charge in [-0.3, -0.25) is 14.6 Å². The number of amides is 2. The van der Waals surface area contributed by atoms with Crippen molar-refractivity contribution in [1.29, 1.82) is 0 Å². The van der Waals surface area contributed by atoms with Crippen LogP contribution in [0.15, 0.2) is 48.8 Å². The molecule has 2 heterocycles. The highest BCUT2D eigenvalue weighted by atomic mass is 16.2. The summed E-state index contributed by atoms with van der Waals surface area (Å²) in [6.07, 6.45) is 4.81. The Kier molecular flexibility index (Phi) is 6.99. The summed E-state index contributed by atoms with van der Waals surface area (Å²) in [6, 6.07) is 11.4. The molecule has 0 radical (unpaired) electrons. The van der Waals surface area contributed by atoms with Gasteiger partial charge in [-0.2, -0.15) is 0 Å². The molecule has 1 aliphatic rings. The number of nitrogens with zero attached hydrogens (tertiary/aromatic N) is 2. The number of rotatable bonds is 6. The third-order valence-electron chi connectivity index (χ3n) is 5.53. The maximum atomic E-state index is 12.7. The molecule has 1 aromatic heterocycles. The normalized spacial score (nSPS) is 17.8. The Bertz CT molecular complexity index is 821. The minimum Gasteiger partial charge on any atom is -0.354 e. The van der Waals surface area contributed by atoms with Crippen LogP contribution in [0.4, 0.5) is 0 Å². The molecule has 1 saturated heterocycles. The minimum absolute atomic E-state index is 0.0357. The summed E-state index contributed by atoms with van der Waals surface area (Å²) in [5, 5.41) is 2.98. The Morgan fingerprint density at radius 3 is 2.45 bits per heavy atom. The third kappa shape index (κ3) is 5.41. The van der Waals surface area contributed by atoms with Gasteiger partial charge >= 0.3 is 0 Å². The summed E-state index contributed by atoms with van der Waals surface area (Å²) < 4.78 is 0. The lowest BCUT2D eigenvalue weighted by atomic mass is 9.96. The molecule has 1 aliphatic heterocycles.